The van der Waals surface area contributed by atoms with E-state index in [9.17, 15) is 9.50 Å². The number of ether oxygens (including phenoxy) is 1. The first-order chi connectivity index (χ1) is 9.17. The van der Waals surface area contributed by atoms with Gasteiger partial charge in [-0.05, 0) is 23.8 Å². The van der Waals surface area contributed by atoms with E-state index in [0.717, 1.165) is 11.1 Å². The number of aliphatic hydroxyl groups excluding tert-OH is 1. The van der Waals surface area contributed by atoms with Crippen LogP contribution in [-0.4, -0.2) is 11.7 Å². The van der Waals surface area contributed by atoms with Gasteiger partial charge in [-0.15, -0.1) is 0 Å². The molecule has 2 aromatic carbocycles. The Morgan fingerprint density at radius 2 is 2.00 bits per heavy atom. The predicted octanol–water partition coefficient (Wildman–Crippen LogP) is 3.44. The molecule has 4 heteroatoms. The molecule has 1 heterocycles. The number of halogens is 2. The van der Waals surface area contributed by atoms with Gasteiger partial charge in [0.1, 0.15) is 17.5 Å². The van der Waals surface area contributed by atoms with Crippen LogP contribution in [0.5, 0.6) is 0 Å². The van der Waals surface area contributed by atoms with Gasteiger partial charge in [-0.3, -0.25) is 0 Å². The highest BCUT2D eigenvalue weighted by Crippen LogP contribution is 2.57. The quantitative estimate of drug-likeness (QED) is 0.878. The van der Waals surface area contributed by atoms with Gasteiger partial charge in [0.15, 0.2) is 0 Å². The first-order valence-electron chi connectivity index (χ1n) is 5.96. The minimum Gasteiger partial charge on any atom is -0.393 e. The highest BCUT2D eigenvalue weighted by molar-refractivity contribution is 6.31. The molecule has 1 N–H and O–H groups in total. The molecule has 1 aliphatic rings. The Morgan fingerprint density at radius 3 is 2.63 bits per heavy atom. The summed E-state index contributed by atoms with van der Waals surface area (Å²) in [6, 6.07) is 13.3. The first-order valence-corrected chi connectivity index (χ1v) is 6.34. The smallest absolute Gasteiger partial charge is 0.147 e. The van der Waals surface area contributed by atoms with E-state index in [1.807, 2.05) is 18.2 Å². The molecule has 0 aromatic heterocycles. The summed E-state index contributed by atoms with van der Waals surface area (Å²) < 4.78 is 18.6. The zero-order valence-electron chi connectivity index (χ0n) is 10.0. The molecule has 0 saturated carbocycles. The van der Waals surface area contributed by atoms with Gasteiger partial charge in [0.2, 0.25) is 0 Å². The second kappa shape index (κ2) is 4.60. The van der Waals surface area contributed by atoms with E-state index in [1.54, 1.807) is 18.2 Å². The lowest BCUT2D eigenvalue weighted by atomic mass is 9.99. The summed E-state index contributed by atoms with van der Waals surface area (Å²) >= 11 is 6.13. The Hall–Kier alpha value is -1.42. The van der Waals surface area contributed by atoms with Crippen molar-refractivity contribution in [1.29, 1.82) is 0 Å². The Kier molecular flexibility index (Phi) is 3.05. The minimum atomic E-state index is -0.807. The van der Waals surface area contributed by atoms with Gasteiger partial charge < -0.3 is 9.84 Å². The van der Waals surface area contributed by atoms with Crippen molar-refractivity contribution < 1.29 is 14.2 Å². The highest BCUT2D eigenvalue weighted by Gasteiger charge is 2.58. The second-order valence-corrected chi connectivity index (χ2v) is 4.98. The average Bonchev–Trinajstić information content (AvgIpc) is 3.16. The number of hydrogen-bond acceptors (Lipinski definition) is 2. The first kappa shape index (κ1) is 12.6. The summed E-state index contributed by atoms with van der Waals surface area (Å²) in [6.07, 6.45) is -0.295. The molecule has 0 spiro atoms. The van der Waals surface area contributed by atoms with Crippen molar-refractivity contribution in [3.63, 3.8) is 0 Å². The molecular weight excluding hydrogens is 279 g/mol. The van der Waals surface area contributed by atoms with Crippen molar-refractivity contribution in [1.82, 2.24) is 0 Å². The monoisotopic (exact) mass is 290 g/mol. The summed E-state index contributed by atoms with van der Waals surface area (Å²) in [5.74, 6) is -0.313. The molecular formula is C15H12ClFO2. The number of epoxide rings is 1. The van der Waals surface area contributed by atoms with Crippen LogP contribution < -0.4 is 0 Å². The van der Waals surface area contributed by atoms with E-state index in [2.05, 4.69) is 0 Å². The van der Waals surface area contributed by atoms with Crippen molar-refractivity contribution in [3.05, 3.63) is 70.5 Å². The number of aliphatic hydroxyl groups is 1. The number of rotatable bonds is 3. The van der Waals surface area contributed by atoms with Gasteiger partial charge in [-0.2, -0.15) is 0 Å². The number of hydrogen-bond donors (Lipinski definition) is 1. The molecule has 3 rings (SSSR count). The molecule has 0 amide bonds. The molecule has 2 nitrogen and oxygen atoms in total. The van der Waals surface area contributed by atoms with Crippen molar-refractivity contribution in [3.8, 4) is 0 Å². The van der Waals surface area contributed by atoms with Crippen LogP contribution in [0.25, 0.3) is 0 Å². The molecule has 98 valence electrons. The lowest BCUT2D eigenvalue weighted by Gasteiger charge is -2.10. The molecule has 0 radical (unpaired) electrons. The molecule has 2 aromatic rings. The van der Waals surface area contributed by atoms with Gasteiger partial charge in [-0.25, -0.2) is 4.39 Å². The van der Waals surface area contributed by atoms with E-state index in [0.29, 0.717) is 5.02 Å². The lowest BCUT2D eigenvalue weighted by Crippen LogP contribution is -2.15. The van der Waals surface area contributed by atoms with E-state index >= 15 is 0 Å². The summed E-state index contributed by atoms with van der Waals surface area (Å²) in [4.78, 5) is 0. The van der Waals surface area contributed by atoms with Crippen LogP contribution in [0, 0.1) is 5.82 Å². The molecule has 19 heavy (non-hydrogen) atoms. The van der Waals surface area contributed by atoms with E-state index in [1.165, 1.54) is 12.1 Å². The van der Waals surface area contributed by atoms with Crippen LogP contribution in [0.3, 0.4) is 0 Å². The SMILES string of the molecule is OC[C@]1(c2ccc(F)cc2)O[C@@H]1[14c]1[14cH][14cH][14cH][14cH][14c]1Cl. The fraction of sp³-hybridized carbons (Fsp3) is 0.200. The summed E-state index contributed by atoms with van der Waals surface area (Å²) in [5, 5.41) is 10.2. The summed E-state index contributed by atoms with van der Waals surface area (Å²) in [7, 11) is 0. The topological polar surface area (TPSA) is 32.8 Å². The van der Waals surface area contributed by atoms with Crippen molar-refractivity contribution in [2.45, 2.75) is 11.7 Å². The summed E-state index contributed by atoms with van der Waals surface area (Å²) in [6.45, 7) is -0.172. The van der Waals surface area contributed by atoms with E-state index in [-0.39, 0.29) is 18.5 Å². The van der Waals surface area contributed by atoms with Crippen LogP contribution in [0.4, 0.5) is 4.39 Å². The van der Waals surface area contributed by atoms with Crippen molar-refractivity contribution in [2.24, 2.45) is 0 Å². The second-order valence-electron chi connectivity index (χ2n) is 4.57. The molecule has 1 fully saturated rings. The maximum absolute atomic E-state index is 13.0. The Morgan fingerprint density at radius 1 is 1.32 bits per heavy atom. The molecule has 0 bridgehead atoms. The van der Waals surface area contributed by atoms with Crippen LogP contribution >= 0.6 is 11.6 Å². The zero-order valence-corrected chi connectivity index (χ0v) is 10.8. The predicted molar refractivity (Wildman–Crippen MR) is 70.4 cm³/mol. The lowest BCUT2D eigenvalue weighted by molar-refractivity contribution is 0.172. The van der Waals surface area contributed by atoms with Gasteiger partial charge in [0.05, 0.1) is 6.61 Å². The third-order valence-electron chi connectivity index (χ3n) is 3.45. The molecule has 0 unspecified atom stereocenters. The average molecular weight is 291 g/mol. The maximum Gasteiger partial charge on any atom is 0.147 e. The van der Waals surface area contributed by atoms with Gasteiger partial charge in [0, 0.05) is 10.6 Å². The Labute approximate surface area is 115 Å². The third-order valence-corrected chi connectivity index (χ3v) is 3.79. The maximum atomic E-state index is 13.0. The molecule has 1 aliphatic heterocycles. The van der Waals surface area contributed by atoms with Crippen LogP contribution in [0.2, 0.25) is 5.02 Å². The van der Waals surface area contributed by atoms with Crippen LogP contribution in [0.15, 0.2) is 48.5 Å². The highest BCUT2D eigenvalue weighted by atomic mass is 35.5. The normalized spacial score (nSPS) is 25.3. The Bertz CT molecular complexity index is 599. The fourth-order valence-corrected chi connectivity index (χ4v) is 2.58. The minimum absolute atomic E-state index is 0.172. The molecule has 0 aliphatic carbocycles. The van der Waals surface area contributed by atoms with Crippen LogP contribution in [0.1, 0.15) is 17.2 Å². The van der Waals surface area contributed by atoms with Crippen molar-refractivity contribution in [2.75, 3.05) is 6.61 Å². The molecule has 2 atom stereocenters. The van der Waals surface area contributed by atoms with Gasteiger partial charge in [0.25, 0.3) is 0 Å². The van der Waals surface area contributed by atoms with Gasteiger partial charge >= 0.3 is 0 Å². The number of benzene rings is 2. The van der Waals surface area contributed by atoms with E-state index in [4.69, 9.17) is 16.3 Å². The van der Waals surface area contributed by atoms with Crippen molar-refractivity contribution >= 4 is 11.6 Å². The molecule has 1 saturated heterocycles. The standard InChI is InChI=1S/C15H12ClFO2/c16-13-4-2-1-3-12(13)14-15(9-18,19-14)10-5-7-11(17)8-6-10/h1-8,14,18H,9H2/t14-,15-/m1/s1/i1+2,2+2,3+2,4+2,12+2,13+2. The van der Waals surface area contributed by atoms with Gasteiger partial charge in [-0.1, -0.05) is 41.9 Å². The Balaban J connectivity index is 1.96. The zero-order chi connectivity index (χ0) is 13.5. The largest absolute Gasteiger partial charge is 0.393 e. The third kappa shape index (κ3) is 2.04. The van der Waals surface area contributed by atoms with E-state index < -0.39 is 5.60 Å². The fourth-order valence-electron chi connectivity index (χ4n) is 2.34. The summed E-state index contributed by atoms with van der Waals surface area (Å²) in [5.41, 5.74) is 0.780. The van der Waals surface area contributed by atoms with Crippen LogP contribution in [-0.2, 0) is 10.3 Å².